The number of carbonyl (C=O) groups is 1. The molecule has 3 rings (SSSR count). The molecule has 2 aromatic rings. The van der Waals surface area contributed by atoms with Crippen LogP contribution in [0.1, 0.15) is 27.2 Å². The van der Waals surface area contributed by atoms with Gasteiger partial charge >= 0.3 is 0 Å². The first-order valence-electron chi connectivity index (χ1n) is 7.71. The van der Waals surface area contributed by atoms with Gasteiger partial charge in [-0.25, -0.2) is 4.98 Å². The molecule has 0 bridgehead atoms. The summed E-state index contributed by atoms with van der Waals surface area (Å²) in [6.07, 6.45) is 0.631. The van der Waals surface area contributed by atoms with Crippen LogP contribution in [0.25, 0.3) is 10.9 Å². The van der Waals surface area contributed by atoms with Gasteiger partial charge in [0.15, 0.2) is 0 Å². The first-order chi connectivity index (χ1) is 10.4. The largest absolute Gasteiger partial charge is 0.471 e. The standard InChI is InChI=1S/C18H22N2O2/c1-18(2,3)10-17(21)20-11-14(12-20)22-16-9-8-13-6-4-5-7-15(13)19-16/h4-9,14H,10-12H2,1-3H3. The Morgan fingerprint density at radius 1 is 1.23 bits per heavy atom. The number of fused-ring (bicyclic) bond motifs is 1. The summed E-state index contributed by atoms with van der Waals surface area (Å²) in [4.78, 5) is 18.4. The van der Waals surface area contributed by atoms with Crippen molar-refractivity contribution in [3.8, 4) is 5.88 Å². The molecule has 116 valence electrons. The highest BCUT2D eigenvalue weighted by molar-refractivity contribution is 5.79. The lowest BCUT2D eigenvalue weighted by atomic mass is 9.91. The van der Waals surface area contributed by atoms with E-state index < -0.39 is 0 Å². The summed E-state index contributed by atoms with van der Waals surface area (Å²) in [5, 5.41) is 1.10. The van der Waals surface area contributed by atoms with Crippen LogP contribution in [0.3, 0.4) is 0 Å². The highest BCUT2D eigenvalue weighted by Gasteiger charge is 2.33. The number of nitrogens with zero attached hydrogens (tertiary/aromatic N) is 2. The van der Waals surface area contributed by atoms with Crippen LogP contribution in [0.4, 0.5) is 0 Å². The minimum absolute atomic E-state index is 0.0307. The second kappa shape index (κ2) is 5.59. The van der Waals surface area contributed by atoms with Crippen LogP contribution < -0.4 is 4.74 Å². The Labute approximate surface area is 131 Å². The predicted molar refractivity (Wildman–Crippen MR) is 86.8 cm³/mol. The average Bonchev–Trinajstić information content (AvgIpc) is 2.40. The number of rotatable bonds is 3. The normalized spacial score (nSPS) is 15.7. The molecule has 4 heteroatoms. The summed E-state index contributed by atoms with van der Waals surface area (Å²) >= 11 is 0. The van der Waals surface area contributed by atoms with Crippen molar-refractivity contribution < 1.29 is 9.53 Å². The van der Waals surface area contributed by atoms with Crippen LogP contribution in [0.2, 0.25) is 0 Å². The first kappa shape index (κ1) is 14.8. The number of aromatic nitrogens is 1. The van der Waals surface area contributed by atoms with E-state index in [9.17, 15) is 4.79 Å². The van der Waals surface area contributed by atoms with E-state index in [0.29, 0.717) is 25.4 Å². The number of likely N-dealkylation sites (tertiary alicyclic amines) is 1. The van der Waals surface area contributed by atoms with E-state index in [1.54, 1.807) is 0 Å². The van der Waals surface area contributed by atoms with Gasteiger partial charge in [0.05, 0.1) is 18.6 Å². The molecule has 1 aromatic heterocycles. The Bertz CT molecular complexity index is 685. The molecule has 1 aromatic carbocycles. The van der Waals surface area contributed by atoms with Gasteiger partial charge in [-0.2, -0.15) is 0 Å². The quantitative estimate of drug-likeness (QED) is 0.873. The van der Waals surface area contributed by atoms with Crippen molar-refractivity contribution in [2.45, 2.75) is 33.3 Å². The van der Waals surface area contributed by atoms with Crippen LogP contribution in [0, 0.1) is 5.41 Å². The molecule has 1 aliphatic heterocycles. The molecule has 2 heterocycles. The summed E-state index contributed by atoms with van der Waals surface area (Å²) in [5.74, 6) is 0.838. The molecule has 1 saturated heterocycles. The van der Waals surface area contributed by atoms with Gasteiger partial charge in [0.2, 0.25) is 11.8 Å². The van der Waals surface area contributed by atoms with Gasteiger partial charge in [0.25, 0.3) is 0 Å². The minimum atomic E-state index is 0.0307. The zero-order chi connectivity index (χ0) is 15.7. The monoisotopic (exact) mass is 298 g/mol. The lowest BCUT2D eigenvalue weighted by Crippen LogP contribution is -2.56. The molecule has 0 atom stereocenters. The van der Waals surface area contributed by atoms with Gasteiger partial charge in [-0.15, -0.1) is 0 Å². The Morgan fingerprint density at radius 2 is 1.95 bits per heavy atom. The lowest BCUT2D eigenvalue weighted by Gasteiger charge is -2.39. The molecular formula is C18H22N2O2. The number of amides is 1. The Hall–Kier alpha value is -2.10. The van der Waals surface area contributed by atoms with E-state index in [2.05, 4.69) is 25.8 Å². The summed E-state index contributed by atoms with van der Waals surface area (Å²) in [6.45, 7) is 7.56. The maximum atomic E-state index is 12.1. The second-order valence-electron chi connectivity index (χ2n) is 7.12. The maximum absolute atomic E-state index is 12.1. The fourth-order valence-corrected chi connectivity index (χ4v) is 2.57. The van der Waals surface area contributed by atoms with Crippen molar-refractivity contribution in [1.82, 2.24) is 9.88 Å². The molecule has 0 radical (unpaired) electrons. The number of ether oxygens (including phenoxy) is 1. The van der Waals surface area contributed by atoms with Crippen molar-refractivity contribution in [2.24, 2.45) is 5.41 Å². The number of pyridine rings is 1. The maximum Gasteiger partial charge on any atom is 0.223 e. The smallest absolute Gasteiger partial charge is 0.223 e. The minimum Gasteiger partial charge on any atom is -0.471 e. The zero-order valence-corrected chi connectivity index (χ0v) is 13.4. The van der Waals surface area contributed by atoms with E-state index in [1.165, 1.54) is 0 Å². The van der Waals surface area contributed by atoms with Crippen molar-refractivity contribution in [3.05, 3.63) is 36.4 Å². The number of hydrogen-bond donors (Lipinski definition) is 0. The van der Waals surface area contributed by atoms with Crippen LogP contribution in [0.5, 0.6) is 5.88 Å². The summed E-state index contributed by atoms with van der Waals surface area (Å²) in [5.41, 5.74) is 0.961. The van der Waals surface area contributed by atoms with E-state index in [1.807, 2.05) is 41.3 Å². The van der Waals surface area contributed by atoms with Crippen molar-refractivity contribution in [3.63, 3.8) is 0 Å². The summed E-state index contributed by atoms with van der Waals surface area (Å²) < 4.78 is 5.86. The highest BCUT2D eigenvalue weighted by atomic mass is 16.5. The first-order valence-corrected chi connectivity index (χ1v) is 7.71. The van der Waals surface area contributed by atoms with Crippen molar-refractivity contribution in [2.75, 3.05) is 13.1 Å². The van der Waals surface area contributed by atoms with Crippen molar-refractivity contribution >= 4 is 16.8 Å². The van der Waals surface area contributed by atoms with Gasteiger partial charge in [-0.1, -0.05) is 39.0 Å². The number of para-hydroxylation sites is 1. The molecular weight excluding hydrogens is 276 g/mol. The molecule has 1 aliphatic rings. The van der Waals surface area contributed by atoms with Crippen LogP contribution in [-0.4, -0.2) is 35.0 Å². The van der Waals surface area contributed by atoms with Crippen LogP contribution >= 0.6 is 0 Å². The molecule has 4 nitrogen and oxygen atoms in total. The summed E-state index contributed by atoms with van der Waals surface area (Å²) in [7, 11) is 0. The predicted octanol–water partition coefficient (Wildman–Crippen LogP) is 3.26. The molecule has 0 unspecified atom stereocenters. The molecule has 22 heavy (non-hydrogen) atoms. The molecule has 0 N–H and O–H groups in total. The van der Waals surface area contributed by atoms with Crippen LogP contribution in [-0.2, 0) is 4.79 Å². The third kappa shape index (κ3) is 3.38. The Balaban J connectivity index is 1.56. The third-order valence-corrected chi connectivity index (χ3v) is 3.74. The average molecular weight is 298 g/mol. The number of hydrogen-bond acceptors (Lipinski definition) is 3. The van der Waals surface area contributed by atoms with E-state index in [-0.39, 0.29) is 17.4 Å². The lowest BCUT2D eigenvalue weighted by molar-refractivity contribution is -0.142. The van der Waals surface area contributed by atoms with Gasteiger partial charge < -0.3 is 9.64 Å². The zero-order valence-electron chi connectivity index (χ0n) is 13.4. The van der Waals surface area contributed by atoms with E-state index in [0.717, 1.165) is 10.9 Å². The van der Waals surface area contributed by atoms with E-state index in [4.69, 9.17) is 4.74 Å². The number of carbonyl (C=O) groups excluding carboxylic acids is 1. The van der Waals surface area contributed by atoms with Gasteiger partial charge in [0, 0.05) is 17.9 Å². The SMILES string of the molecule is CC(C)(C)CC(=O)N1CC(Oc2ccc3ccccc3n2)C1. The second-order valence-corrected chi connectivity index (χ2v) is 7.12. The molecule has 0 aliphatic carbocycles. The molecule has 0 saturated carbocycles. The number of benzene rings is 1. The van der Waals surface area contributed by atoms with Gasteiger partial charge in [-0.05, 0) is 17.5 Å². The Morgan fingerprint density at radius 3 is 2.68 bits per heavy atom. The van der Waals surface area contributed by atoms with Crippen molar-refractivity contribution in [1.29, 1.82) is 0 Å². The van der Waals surface area contributed by atoms with Gasteiger partial charge in [-0.3, -0.25) is 4.79 Å². The molecule has 0 spiro atoms. The topological polar surface area (TPSA) is 42.4 Å². The molecule has 1 amide bonds. The fourth-order valence-electron chi connectivity index (χ4n) is 2.57. The van der Waals surface area contributed by atoms with Gasteiger partial charge in [0.1, 0.15) is 6.10 Å². The Kier molecular flexibility index (Phi) is 3.77. The highest BCUT2D eigenvalue weighted by Crippen LogP contribution is 2.24. The molecule has 1 fully saturated rings. The van der Waals surface area contributed by atoms with Crippen LogP contribution in [0.15, 0.2) is 36.4 Å². The third-order valence-electron chi connectivity index (χ3n) is 3.74. The summed E-state index contributed by atoms with van der Waals surface area (Å²) in [6, 6.07) is 11.9. The van der Waals surface area contributed by atoms with E-state index >= 15 is 0 Å². The fraction of sp³-hybridized carbons (Fsp3) is 0.444.